The lowest BCUT2D eigenvalue weighted by molar-refractivity contribution is 0.0697. The number of rotatable bonds is 8. The molecule has 1 saturated carbocycles. The quantitative estimate of drug-likeness (QED) is 0.232. The Morgan fingerprint density at radius 1 is 1.12 bits per heavy atom. The van der Waals surface area contributed by atoms with Gasteiger partial charge in [0.05, 0.1) is 29.0 Å². The first-order valence-corrected chi connectivity index (χ1v) is 14.1. The number of hydrogen-bond donors (Lipinski definition) is 1. The molecule has 43 heavy (non-hydrogen) atoms. The third-order valence-corrected chi connectivity index (χ3v) is 8.67. The number of carboxylic acids is 1. The Kier molecular flexibility index (Phi) is 6.72. The fourth-order valence-electron chi connectivity index (χ4n) is 6.02. The SMILES string of the molecule is O=C(O)c1ccc2nc([C@H]3CC34CCN(c3nc(OCc5ccc(Cl)cc5F)ncc3F)CC4)n(Cc3ncco3)c2c1. The highest BCUT2D eigenvalue weighted by molar-refractivity contribution is 6.30. The minimum Gasteiger partial charge on any atom is -0.478 e. The summed E-state index contributed by atoms with van der Waals surface area (Å²) in [6, 6.07) is 9.14. The van der Waals surface area contributed by atoms with Crippen LogP contribution in [0.1, 0.15) is 52.8 Å². The number of halogens is 3. The van der Waals surface area contributed by atoms with Crippen molar-refractivity contribution in [2.45, 2.75) is 38.3 Å². The van der Waals surface area contributed by atoms with Gasteiger partial charge in [-0.05, 0) is 55.0 Å². The van der Waals surface area contributed by atoms with Gasteiger partial charge in [0.2, 0.25) is 5.89 Å². The number of aromatic carboxylic acids is 1. The second-order valence-corrected chi connectivity index (χ2v) is 11.4. The van der Waals surface area contributed by atoms with Crippen LogP contribution in [0, 0.1) is 17.0 Å². The van der Waals surface area contributed by atoms with Crippen LogP contribution in [0.25, 0.3) is 11.0 Å². The van der Waals surface area contributed by atoms with Gasteiger partial charge >= 0.3 is 12.0 Å². The van der Waals surface area contributed by atoms with Crippen molar-refractivity contribution >= 4 is 34.4 Å². The maximum atomic E-state index is 14.8. The summed E-state index contributed by atoms with van der Waals surface area (Å²) in [7, 11) is 0. The zero-order valence-corrected chi connectivity index (χ0v) is 23.5. The Balaban J connectivity index is 1.08. The first-order valence-electron chi connectivity index (χ1n) is 13.8. The number of anilines is 1. The number of oxazole rings is 1. The van der Waals surface area contributed by atoms with Crippen molar-refractivity contribution in [1.82, 2.24) is 24.5 Å². The summed E-state index contributed by atoms with van der Waals surface area (Å²) in [5.74, 6) is -0.420. The number of nitrogens with zero attached hydrogens (tertiary/aromatic N) is 6. The second kappa shape index (κ2) is 10.6. The topological polar surface area (TPSA) is 119 Å². The monoisotopic (exact) mass is 606 g/mol. The lowest BCUT2D eigenvalue weighted by atomic mass is 9.90. The standard InChI is InChI=1S/C30H25ClF2N6O4/c31-19-3-1-18(21(32)12-19)16-43-29-35-14-22(33)27(37-29)38-8-5-30(6-9-38)13-20(30)26-36-23-4-2-17(28(40)41)11-24(23)39(26)15-25-34-7-10-42-25/h1-4,7,10-12,14,20H,5-6,8-9,13,15-16H2,(H,40,41)/t20-/m1/s1. The molecule has 1 aliphatic carbocycles. The molecule has 1 aliphatic heterocycles. The molecule has 2 aromatic carbocycles. The van der Waals surface area contributed by atoms with Crippen LogP contribution >= 0.6 is 11.6 Å². The van der Waals surface area contributed by atoms with Crippen molar-refractivity contribution in [1.29, 1.82) is 0 Å². The maximum Gasteiger partial charge on any atom is 0.335 e. The molecule has 0 unspecified atom stereocenters. The van der Waals surface area contributed by atoms with E-state index in [4.69, 9.17) is 25.7 Å². The number of aromatic nitrogens is 5. The number of imidazole rings is 1. The first-order chi connectivity index (χ1) is 20.8. The summed E-state index contributed by atoms with van der Waals surface area (Å²) < 4.78 is 42.1. The van der Waals surface area contributed by atoms with Gasteiger partial charge in [-0.1, -0.05) is 17.7 Å². The molecule has 4 heterocycles. The van der Waals surface area contributed by atoms with Gasteiger partial charge in [0.1, 0.15) is 31.1 Å². The zero-order valence-electron chi connectivity index (χ0n) is 22.7. The van der Waals surface area contributed by atoms with Crippen LogP contribution in [0.5, 0.6) is 6.01 Å². The Morgan fingerprint density at radius 3 is 2.70 bits per heavy atom. The molecule has 7 rings (SSSR count). The molecule has 5 aromatic rings. The van der Waals surface area contributed by atoms with Crippen molar-refractivity contribution < 1.29 is 27.8 Å². The van der Waals surface area contributed by atoms with E-state index in [-0.39, 0.29) is 45.9 Å². The molecule has 1 atom stereocenters. The molecule has 0 bridgehead atoms. The van der Waals surface area contributed by atoms with E-state index in [2.05, 4.69) is 15.0 Å². The predicted molar refractivity (Wildman–Crippen MR) is 151 cm³/mol. The van der Waals surface area contributed by atoms with E-state index in [0.29, 0.717) is 36.6 Å². The smallest absolute Gasteiger partial charge is 0.335 e. The van der Waals surface area contributed by atoms with E-state index in [1.807, 2.05) is 9.47 Å². The molecule has 0 amide bonds. The van der Waals surface area contributed by atoms with Gasteiger partial charge in [0.25, 0.3) is 0 Å². The average Bonchev–Trinajstić information content (AvgIpc) is 3.30. The number of hydrogen-bond acceptors (Lipinski definition) is 8. The van der Waals surface area contributed by atoms with E-state index >= 15 is 0 Å². The van der Waals surface area contributed by atoms with Crippen molar-refractivity contribution in [3.8, 4) is 6.01 Å². The van der Waals surface area contributed by atoms with Crippen LogP contribution in [0.4, 0.5) is 14.6 Å². The van der Waals surface area contributed by atoms with Gasteiger partial charge in [-0.25, -0.2) is 28.5 Å². The highest BCUT2D eigenvalue weighted by Gasteiger charge is 2.57. The van der Waals surface area contributed by atoms with Crippen LogP contribution in [-0.4, -0.2) is 48.7 Å². The average molecular weight is 607 g/mol. The lowest BCUT2D eigenvalue weighted by Gasteiger charge is -2.33. The van der Waals surface area contributed by atoms with E-state index in [1.165, 1.54) is 18.4 Å². The molecular weight excluding hydrogens is 582 g/mol. The third kappa shape index (κ3) is 5.16. The molecular formula is C30H25ClF2N6O4. The van der Waals surface area contributed by atoms with Crippen molar-refractivity contribution in [3.05, 3.63) is 94.6 Å². The maximum absolute atomic E-state index is 14.8. The molecule has 2 fully saturated rings. The molecule has 0 radical (unpaired) electrons. The number of fused-ring (bicyclic) bond motifs is 1. The predicted octanol–water partition coefficient (Wildman–Crippen LogP) is 5.85. The molecule has 3 aromatic heterocycles. The Bertz CT molecular complexity index is 1840. The minimum absolute atomic E-state index is 0.0171. The minimum atomic E-state index is -1.01. The van der Waals surface area contributed by atoms with Crippen LogP contribution in [-0.2, 0) is 13.2 Å². The fourth-order valence-corrected chi connectivity index (χ4v) is 6.18. The Hall–Kier alpha value is -4.58. The van der Waals surface area contributed by atoms with Gasteiger partial charge in [0.15, 0.2) is 11.6 Å². The second-order valence-electron chi connectivity index (χ2n) is 10.9. The van der Waals surface area contributed by atoms with E-state index in [1.54, 1.807) is 30.5 Å². The summed E-state index contributed by atoms with van der Waals surface area (Å²) in [4.78, 5) is 30.9. The van der Waals surface area contributed by atoms with Crippen LogP contribution in [0.3, 0.4) is 0 Å². The highest BCUT2D eigenvalue weighted by atomic mass is 35.5. The number of carboxylic acid groups (broad SMARTS) is 1. The van der Waals surface area contributed by atoms with Crippen LogP contribution < -0.4 is 9.64 Å². The molecule has 1 N–H and O–H groups in total. The molecule has 13 heteroatoms. The molecule has 10 nitrogen and oxygen atoms in total. The summed E-state index contributed by atoms with van der Waals surface area (Å²) in [5.41, 5.74) is 1.87. The van der Waals surface area contributed by atoms with E-state index in [0.717, 1.165) is 31.3 Å². The van der Waals surface area contributed by atoms with Gasteiger partial charge in [-0.3, -0.25) is 0 Å². The number of benzene rings is 2. The highest BCUT2D eigenvalue weighted by Crippen LogP contribution is 2.65. The third-order valence-electron chi connectivity index (χ3n) is 8.44. The van der Waals surface area contributed by atoms with Gasteiger partial charge in [0, 0.05) is 29.6 Å². The largest absolute Gasteiger partial charge is 0.478 e. The number of ether oxygens (including phenoxy) is 1. The van der Waals surface area contributed by atoms with Crippen molar-refractivity contribution in [2.24, 2.45) is 5.41 Å². The first kappa shape index (κ1) is 27.3. The van der Waals surface area contributed by atoms with Gasteiger partial charge < -0.3 is 23.7 Å². The van der Waals surface area contributed by atoms with Crippen LogP contribution in [0.2, 0.25) is 5.02 Å². The van der Waals surface area contributed by atoms with E-state index in [9.17, 15) is 18.7 Å². The number of piperidine rings is 1. The molecule has 1 spiro atoms. The summed E-state index contributed by atoms with van der Waals surface area (Å²) >= 11 is 5.81. The normalized spacial score (nSPS) is 17.5. The molecule has 2 aliphatic rings. The summed E-state index contributed by atoms with van der Waals surface area (Å²) in [6.07, 6.45) is 6.63. The lowest BCUT2D eigenvalue weighted by Crippen LogP contribution is -2.36. The molecule has 220 valence electrons. The van der Waals surface area contributed by atoms with Crippen LogP contribution in [0.15, 0.2) is 59.5 Å². The zero-order chi connectivity index (χ0) is 29.7. The van der Waals surface area contributed by atoms with Gasteiger partial charge in [-0.15, -0.1) is 0 Å². The summed E-state index contributed by atoms with van der Waals surface area (Å²) in [6.45, 7) is 1.34. The van der Waals surface area contributed by atoms with Gasteiger partial charge in [-0.2, -0.15) is 4.98 Å². The fraction of sp³-hybridized carbons (Fsp3) is 0.300. The van der Waals surface area contributed by atoms with Crippen molar-refractivity contribution in [3.63, 3.8) is 0 Å². The molecule has 1 saturated heterocycles. The summed E-state index contributed by atoms with van der Waals surface area (Å²) in [5, 5.41) is 9.83. The van der Waals surface area contributed by atoms with Crippen molar-refractivity contribution in [2.75, 3.05) is 18.0 Å². The van der Waals surface area contributed by atoms with E-state index < -0.39 is 17.6 Å². The Labute approximate surface area is 248 Å². The Morgan fingerprint density at radius 2 is 1.95 bits per heavy atom. The number of carbonyl (C=O) groups is 1.